The summed E-state index contributed by atoms with van der Waals surface area (Å²) in [7, 11) is 0. The molecule has 1 atom stereocenters. The fourth-order valence-electron chi connectivity index (χ4n) is 4.03. The van der Waals surface area contributed by atoms with Crippen LogP contribution in [-0.4, -0.2) is 66.5 Å². The van der Waals surface area contributed by atoms with Crippen LogP contribution in [0.25, 0.3) is 0 Å². The summed E-state index contributed by atoms with van der Waals surface area (Å²) >= 11 is 0. The first kappa shape index (κ1) is 25.0. The molecule has 0 radical (unpaired) electrons. The first-order valence-corrected chi connectivity index (χ1v) is 11.5. The number of nitrogens with zero attached hydrogens (tertiary/aromatic N) is 2. The molecule has 0 N–H and O–H groups in total. The second-order valence-electron chi connectivity index (χ2n) is 8.04. The van der Waals surface area contributed by atoms with E-state index in [1.165, 1.54) is 11.8 Å². The second-order valence-corrected chi connectivity index (χ2v) is 8.04. The summed E-state index contributed by atoms with van der Waals surface area (Å²) in [6, 6.07) is 16.5. The standard InChI is InChI=1S/C26H30N2O6/c1-3-33-26(32)27(18-21(14-17-34-19(2)29)20-10-5-4-6-11-20)15-9-16-28-24(30)22-12-7-8-13-23(22)25(28)31/h4-8,10-13,21H,3,9,14-18H2,1-2H3. The number of rotatable bonds is 11. The lowest BCUT2D eigenvalue weighted by molar-refractivity contribution is -0.141. The molecule has 0 spiro atoms. The van der Waals surface area contributed by atoms with Gasteiger partial charge in [0.05, 0.1) is 24.3 Å². The van der Waals surface area contributed by atoms with Crippen LogP contribution in [0, 0.1) is 0 Å². The Labute approximate surface area is 199 Å². The molecule has 1 heterocycles. The summed E-state index contributed by atoms with van der Waals surface area (Å²) in [4.78, 5) is 52.0. The van der Waals surface area contributed by atoms with E-state index in [-0.39, 0.29) is 43.5 Å². The summed E-state index contributed by atoms with van der Waals surface area (Å²) in [5, 5.41) is 0. The van der Waals surface area contributed by atoms with Crippen LogP contribution in [0.2, 0.25) is 0 Å². The lowest BCUT2D eigenvalue weighted by Crippen LogP contribution is -2.39. The van der Waals surface area contributed by atoms with Crippen molar-refractivity contribution in [1.82, 2.24) is 9.80 Å². The van der Waals surface area contributed by atoms with E-state index in [2.05, 4.69) is 0 Å². The average Bonchev–Trinajstić information content (AvgIpc) is 3.08. The molecule has 3 amide bonds. The average molecular weight is 467 g/mol. The van der Waals surface area contributed by atoms with Crippen molar-refractivity contribution < 1.29 is 28.7 Å². The minimum atomic E-state index is -0.460. The number of carbonyl (C=O) groups is 4. The van der Waals surface area contributed by atoms with Crippen LogP contribution in [0.1, 0.15) is 58.9 Å². The summed E-state index contributed by atoms with van der Waals surface area (Å²) in [6.45, 7) is 4.44. The molecule has 34 heavy (non-hydrogen) atoms. The molecule has 3 rings (SSSR count). The molecule has 0 fully saturated rings. The van der Waals surface area contributed by atoms with Gasteiger partial charge in [-0.15, -0.1) is 0 Å². The van der Waals surface area contributed by atoms with Crippen molar-refractivity contribution in [3.63, 3.8) is 0 Å². The predicted molar refractivity (Wildman–Crippen MR) is 125 cm³/mol. The van der Waals surface area contributed by atoms with Crippen LogP contribution in [0.4, 0.5) is 4.79 Å². The molecule has 0 aromatic heterocycles. The Morgan fingerprint density at radius 3 is 2.15 bits per heavy atom. The maximum atomic E-state index is 12.7. The topological polar surface area (TPSA) is 93.2 Å². The van der Waals surface area contributed by atoms with Gasteiger partial charge in [0.2, 0.25) is 0 Å². The van der Waals surface area contributed by atoms with E-state index in [1.807, 2.05) is 30.3 Å². The zero-order chi connectivity index (χ0) is 24.5. The highest BCUT2D eigenvalue weighted by atomic mass is 16.6. The highest BCUT2D eigenvalue weighted by Gasteiger charge is 2.34. The molecule has 2 aromatic rings. The summed E-state index contributed by atoms with van der Waals surface area (Å²) < 4.78 is 10.4. The van der Waals surface area contributed by atoms with Crippen molar-refractivity contribution in [2.75, 3.05) is 32.8 Å². The molecule has 0 aliphatic carbocycles. The number of esters is 1. The third kappa shape index (κ3) is 6.21. The smallest absolute Gasteiger partial charge is 0.409 e. The van der Waals surface area contributed by atoms with Gasteiger partial charge in [-0.25, -0.2) is 4.79 Å². The maximum absolute atomic E-state index is 12.7. The maximum Gasteiger partial charge on any atom is 0.409 e. The summed E-state index contributed by atoms with van der Waals surface area (Å²) in [6.07, 6.45) is 0.492. The van der Waals surface area contributed by atoms with Gasteiger partial charge in [0.1, 0.15) is 0 Å². The fraction of sp³-hybridized carbons (Fsp3) is 0.385. The first-order chi connectivity index (χ1) is 16.4. The zero-order valence-corrected chi connectivity index (χ0v) is 19.6. The molecule has 8 heteroatoms. The molecule has 180 valence electrons. The Balaban J connectivity index is 1.67. The minimum Gasteiger partial charge on any atom is -0.466 e. The van der Waals surface area contributed by atoms with Crippen LogP contribution in [0.5, 0.6) is 0 Å². The van der Waals surface area contributed by atoms with E-state index in [4.69, 9.17) is 9.47 Å². The number of benzene rings is 2. The number of amides is 3. The van der Waals surface area contributed by atoms with Crippen LogP contribution >= 0.6 is 0 Å². The lowest BCUT2D eigenvalue weighted by Gasteiger charge is -2.28. The number of imide groups is 1. The molecule has 0 saturated carbocycles. The van der Waals surface area contributed by atoms with Crippen LogP contribution in [-0.2, 0) is 14.3 Å². The van der Waals surface area contributed by atoms with Crippen molar-refractivity contribution in [1.29, 1.82) is 0 Å². The Hall–Kier alpha value is -3.68. The molecule has 1 aliphatic heterocycles. The molecule has 0 saturated heterocycles. The van der Waals surface area contributed by atoms with E-state index < -0.39 is 6.09 Å². The first-order valence-electron chi connectivity index (χ1n) is 11.5. The SMILES string of the molecule is CCOC(=O)N(CCCN1C(=O)c2ccccc2C1=O)CC(CCOC(C)=O)c1ccccc1. The number of fused-ring (bicyclic) bond motifs is 1. The van der Waals surface area contributed by atoms with Gasteiger partial charge in [0, 0.05) is 32.5 Å². The molecule has 0 bridgehead atoms. The second kappa shape index (κ2) is 12.0. The number of carbonyl (C=O) groups excluding carboxylic acids is 4. The molecule has 1 unspecified atom stereocenters. The van der Waals surface area contributed by atoms with E-state index in [0.29, 0.717) is 37.1 Å². The number of ether oxygens (including phenoxy) is 2. The zero-order valence-electron chi connectivity index (χ0n) is 19.6. The van der Waals surface area contributed by atoms with Crippen LogP contribution < -0.4 is 0 Å². The summed E-state index contributed by atoms with van der Waals surface area (Å²) in [5.41, 5.74) is 1.83. The van der Waals surface area contributed by atoms with Crippen molar-refractivity contribution >= 4 is 23.9 Å². The third-order valence-corrected chi connectivity index (χ3v) is 5.70. The largest absolute Gasteiger partial charge is 0.466 e. The van der Waals surface area contributed by atoms with E-state index in [0.717, 1.165) is 5.56 Å². The molecule has 8 nitrogen and oxygen atoms in total. The van der Waals surface area contributed by atoms with Crippen molar-refractivity contribution in [2.45, 2.75) is 32.6 Å². The van der Waals surface area contributed by atoms with Gasteiger partial charge in [-0.2, -0.15) is 0 Å². The Morgan fingerprint density at radius 2 is 1.56 bits per heavy atom. The summed E-state index contributed by atoms with van der Waals surface area (Å²) in [5.74, 6) is -1.06. The van der Waals surface area contributed by atoms with Crippen molar-refractivity contribution in [2.24, 2.45) is 0 Å². The fourth-order valence-corrected chi connectivity index (χ4v) is 4.03. The highest BCUT2D eigenvalue weighted by Crippen LogP contribution is 2.24. The number of hydrogen-bond donors (Lipinski definition) is 0. The van der Waals surface area contributed by atoms with Gasteiger partial charge in [-0.1, -0.05) is 42.5 Å². The van der Waals surface area contributed by atoms with Gasteiger partial charge in [-0.3, -0.25) is 19.3 Å². The molecular weight excluding hydrogens is 436 g/mol. The third-order valence-electron chi connectivity index (χ3n) is 5.70. The highest BCUT2D eigenvalue weighted by molar-refractivity contribution is 6.21. The van der Waals surface area contributed by atoms with Crippen LogP contribution in [0.15, 0.2) is 54.6 Å². The van der Waals surface area contributed by atoms with Gasteiger partial charge in [0.25, 0.3) is 11.8 Å². The van der Waals surface area contributed by atoms with Gasteiger partial charge < -0.3 is 14.4 Å². The molecule has 1 aliphatic rings. The molecule has 2 aromatic carbocycles. The Kier molecular flexibility index (Phi) is 8.79. The Bertz CT molecular complexity index is 988. The van der Waals surface area contributed by atoms with Crippen molar-refractivity contribution in [3.8, 4) is 0 Å². The van der Waals surface area contributed by atoms with Crippen LogP contribution in [0.3, 0.4) is 0 Å². The quantitative estimate of drug-likeness (QED) is 0.369. The van der Waals surface area contributed by atoms with E-state index in [1.54, 1.807) is 36.1 Å². The predicted octanol–water partition coefficient (Wildman–Crippen LogP) is 3.87. The van der Waals surface area contributed by atoms with E-state index in [9.17, 15) is 19.2 Å². The monoisotopic (exact) mass is 466 g/mol. The van der Waals surface area contributed by atoms with Gasteiger partial charge in [0.15, 0.2) is 0 Å². The van der Waals surface area contributed by atoms with Gasteiger partial charge in [-0.05, 0) is 37.5 Å². The van der Waals surface area contributed by atoms with Crippen molar-refractivity contribution in [3.05, 3.63) is 71.3 Å². The normalized spacial score (nSPS) is 13.4. The van der Waals surface area contributed by atoms with Gasteiger partial charge >= 0.3 is 12.1 Å². The minimum absolute atomic E-state index is 0.0794. The molecular formula is C26H30N2O6. The Morgan fingerprint density at radius 1 is 0.941 bits per heavy atom. The van der Waals surface area contributed by atoms with E-state index >= 15 is 0 Å². The lowest BCUT2D eigenvalue weighted by atomic mass is 9.95. The number of hydrogen-bond acceptors (Lipinski definition) is 6.